The Bertz CT molecular complexity index is 400. The van der Waals surface area contributed by atoms with Crippen LogP contribution in [0.1, 0.15) is 11.4 Å². The summed E-state index contributed by atoms with van der Waals surface area (Å²) >= 11 is 0. The minimum atomic E-state index is -5.05. The topological polar surface area (TPSA) is 48.1 Å². The molecule has 3 nitrogen and oxygen atoms in total. The third-order valence-corrected chi connectivity index (χ3v) is 1.66. The van der Waals surface area contributed by atoms with Crippen LogP contribution in [0.3, 0.4) is 0 Å². The van der Waals surface area contributed by atoms with Crippen molar-refractivity contribution in [1.29, 1.82) is 0 Å². The van der Waals surface area contributed by atoms with Crippen molar-refractivity contribution in [3.05, 3.63) is 23.5 Å². The molecule has 0 fully saturated rings. The quantitative estimate of drug-likeness (QED) is 0.656. The number of hydrogen-bond acceptors (Lipinski definition) is 3. The van der Waals surface area contributed by atoms with Gasteiger partial charge in [-0.1, -0.05) is 0 Å². The maximum Gasteiger partial charge on any atom is 0.437 e. The highest BCUT2D eigenvalue weighted by Gasteiger charge is 2.40. The second kappa shape index (κ2) is 4.40. The summed E-state index contributed by atoms with van der Waals surface area (Å²) in [6.07, 6.45) is -10.0. The molecule has 0 unspecified atom stereocenters. The minimum Gasteiger partial charge on any atom is -0.476 e. The molecule has 17 heavy (non-hydrogen) atoms. The molecule has 0 atom stereocenters. The number of nitrogens with zero attached hydrogens (tertiary/aromatic N) is 1. The molecule has 1 aromatic rings. The predicted molar refractivity (Wildman–Crippen MR) is 43.9 cm³/mol. The number of alkyl halides is 6. The molecule has 0 saturated heterocycles. The van der Waals surface area contributed by atoms with Gasteiger partial charge in [0.1, 0.15) is 12.4 Å². The molecule has 1 heterocycles. The number of hydrogen-bond donors (Lipinski definition) is 1. The van der Waals surface area contributed by atoms with Crippen LogP contribution in [0, 0.1) is 0 Å². The van der Waals surface area contributed by atoms with Gasteiger partial charge in [-0.15, -0.1) is 0 Å². The first-order chi connectivity index (χ1) is 7.66. The number of halogens is 6. The second-order valence-corrected chi connectivity index (χ2v) is 2.85. The third-order valence-electron chi connectivity index (χ3n) is 1.66. The Kier molecular flexibility index (Phi) is 3.51. The lowest BCUT2D eigenvalue weighted by Crippen LogP contribution is -2.18. The highest BCUT2D eigenvalue weighted by Crippen LogP contribution is 2.37. The average Bonchev–Trinajstić information content (AvgIpc) is 2.15. The van der Waals surface area contributed by atoms with Crippen LogP contribution in [-0.2, 0) is 12.4 Å². The molecular formula is C8H6F6N2O. The summed E-state index contributed by atoms with van der Waals surface area (Å²) in [4.78, 5) is 2.50. The van der Waals surface area contributed by atoms with Gasteiger partial charge in [0.15, 0.2) is 11.4 Å². The van der Waals surface area contributed by atoms with Gasteiger partial charge in [-0.2, -0.15) is 26.3 Å². The van der Waals surface area contributed by atoms with Crippen LogP contribution in [0.25, 0.3) is 0 Å². The van der Waals surface area contributed by atoms with Crippen LogP contribution in [0.15, 0.2) is 12.1 Å². The lowest BCUT2D eigenvalue weighted by molar-refractivity contribution is -0.150. The second-order valence-electron chi connectivity index (χ2n) is 2.85. The third kappa shape index (κ3) is 3.22. The zero-order chi connectivity index (χ0) is 13.3. The molecule has 2 N–H and O–H groups in total. The van der Waals surface area contributed by atoms with Crippen LogP contribution in [-0.4, -0.2) is 11.7 Å². The van der Waals surface area contributed by atoms with E-state index in [1.165, 1.54) is 0 Å². The molecule has 0 saturated carbocycles. The van der Waals surface area contributed by atoms with E-state index in [0.717, 1.165) is 0 Å². The van der Waals surface area contributed by atoms with Crippen molar-refractivity contribution in [3.8, 4) is 5.75 Å². The van der Waals surface area contributed by atoms with Crippen molar-refractivity contribution in [3.63, 3.8) is 0 Å². The molecule has 0 aliphatic carbocycles. The van der Waals surface area contributed by atoms with Crippen LogP contribution in [0.5, 0.6) is 5.75 Å². The number of ether oxygens (including phenoxy) is 1. The number of rotatable bonds is 2. The van der Waals surface area contributed by atoms with E-state index in [9.17, 15) is 26.3 Å². The Hall–Kier alpha value is -1.51. The zero-order valence-corrected chi connectivity index (χ0v) is 8.06. The van der Waals surface area contributed by atoms with Crippen molar-refractivity contribution in [2.24, 2.45) is 5.73 Å². The lowest BCUT2D eigenvalue weighted by Gasteiger charge is -2.14. The molecule has 0 radical (unpaired) electrons. The summed E-state index contributed by atoms with van der Waals surface area (Å²) in [6, 6.07) is 0.922. The van der Waals surface area contributed by atoms with Crippen molar-refractivity contribution >= 4 is 0 Å². The zero-order valence-electron chi connectivity index (χ0n) is 8.06. The SMILES string of the molecule is NCOc1ccc(C(F)(F)F)nc1C(F)(F)F. The normalized spacial score (nSPS) is 12.6. The maximum atomic E-state index is 12.4. The Balaban J connectivity index is 3.30. The molecule has 0 spiro atoms. The Morgan fingerprint density at radius 2 is 1.65 bits per heavy atom. The number of pyridine rings is 1. The van der Waals surface area contributed by atoms with Gasteiger partial charge < -0.3 is 4.74 Å². The van der Waals surface area contributed by atoms with Crippen molar-refractivity contribution < 1.29 is 31.1 Å². The van der Waals surface area contributed by atoms with E-state index in [2.05, 4.69) is 9.72 Å². The molecule has 0 amide bonds. The van der Waals surface area contributed by atoms with Gasteiger partial charge in [-0.05, 0) is 12.1 Å². The summed E-state index contributed by atoms with van der Waals surface area (Å²) in [6.45, 7) is -0.601. The van der Waals surface area contributed by atoms with Crippen LogP contribution in [0.4, 0.5) is 26.3 Å². The molecule has 96 valence electrons. The summed E-state index contributed by atoms with van der Waals surface area (Å²) in [5.74, 6) is -0.840. The number of nitrogens with two attached hydrogens (primary N) is 1. The van der Waals surface area contributed by atoms with Crippen molar-refractivity contribution in [2.45, 2.75) is 12.4 Å². The molecule has 0 aromatic carbocycles. The fourth-order valence-electron chi connectivity index (χ4n) is 1.01. The van der Waals surface area contributed by atoms with Gasteiger partial charge in [-0.3, -0.25) is 5.73 Å². The van der Waals surface area contributed by atoms with E-state index in [1.54, 1.807) is 0 Å². The molecule has 0 bridgehead atoms. The fraction of sp³-hybridized carbons (Fsp3) is 0.375. The van der Waals surface area contributed by atoms with Crippen molar-refractivity contribution in [2.75, 3.05) is 6.73 Å². The van der Waals surface area contributed by atoms with Gasteiger partial charge in [0.25, 0.3) is 0 Å². The molecule has 0 aliphatic heterocycles. The first-order valence-corrected chi connectivity index (χ1v) is 4.14. The molecule has 1 rings (SSSR count). The van der Waals surface area contributed by atoms with E-state index in [1.807, 2.05) is 0 Å². The van der Waals surface area contributed by atoms with E-state index >= 15 is 0 Å². The van der Waals surface area contributed by atoms with E-state index < -0.39 is 36.2 Å². The van der Waals surface area contributed by atoms with E-state index in [0.29, 0.717) is 12.1 Å². The molecule has 9 heteroatoms. The van der Waals surface area contributed by atoms with Gasteiger partial charge in [-0.25, -0.2) is 4.98 Å². The summed E-state index contributed by atoms with van der Waals surface area (Å²) in [5.41, 5.74) is 1.46. The van der Waals surface area contributed by atoms with Crippen LogP contribution >= 0.6 is 0 Å². The smallest absolute Gasteiger partial charge is 0.437 e. The highest BCUT2D eigenvalue weighted by atomic mass is 19.4. The monoisotopic (exact) mass is 260 g/mol. The summed E-state index contributed by atoms with van der Waals surface area (Å²) in [5, 5.41) is 0. The maximum absolute atomic E-state index is 12.4. The van der Waals surface area contributed by atoms with Crippen LogP contribution in [0.2, 0.25) is 0 Å². The highest BCUT2D eigenvalue weighted by molar-refractivity contribution is 5.32. The first kappa shape index (κ1) is 13.6. The van der Waals surface area contributed by atoms with E-state index in [-0.39, 0.29) is 0 Å². The van der Waals surface area contributed by atoms with Gasteiger partial charge in [0.2, 0.25) is 0 Å². The van der Waals surface area contributed by atoms with Gasteiger partial charge in [0.05, 0.1) is 0 Å². The minimum absolute atomic E-state index is 0.389. The fourth-order valence-corrected chi connectivity index (χ4v) is 1.01. The summed E-state index contributed by atoms with van der Waals surface area (Å²) < 4.78 is 78.1. The predicted octanol–water partition coefficient (Wildman–Crippen LogP) is 2.41. The number of aromatic nitrogens is 1. The standard InChI is InChI=1S/C8H6F6N2O/c9-7(10,11)5-2-1-4(17-3-15)6(16-5)8(12,13)14/h1-2H,3,15H2. The Morgan fingerprint density at radius 3 is 2.06 bits per heavy atom. The summed E-state index contributed by atoms with van der Waals surface area (Å²) in [7, 11) is 0. The Labute approximate surface area is 91.2 Å². The lowest BCUT2D eigenvalue weighted by atomic mass is 10.2. The van der Waals surface area contributed by atoms with Gasteiger partial charge >= 0.3 is 12.4 Å². The average molecular weight is 260 g/mol. The van der Waals surface area contributed by atoms with Crippen LogP contribution < -0.4 is 10.5 Å². The van der Waals surface area contributed by atoms with Gasteiger partial charge in [0, 0.05) is 0 Å². The largest absolute Gasteiger partial charge is 0.476 e. The molecular weight excluding hydrogens is 254 g/mol. The Morgan fingerprint density at radius 1 is 1.06 bits per heavy atom. The molecule has 0 aliphatic rings. The first-order valence-electron chi connectivity index (χ1n) is 4.14. The molecule has 1 aromatic heterocycles. The van der Waals surface area contributed by atoms with E-state index in [4.69, 9.17) is 5.73 Å². The van der Waals surface area contributed by atoms with Crippen molar-refractivity contribution in [1.82, 2.24) is 4.98 Å².